The fourth-order valence-electron chi connectivity index (χ4n) is 4.41. The van der Waals surface area contributed by atoms with Gasteiger partial charge >= 0.3 is 4.87 Å². The number of ether oxygens (including phenoxy) is 2. The first-order valence-electron chi connectivity index (χ1n) is 11.5. The number of hydrogen-bond acceptors (Lipinski definition) is 7. The van der Waals surface area contributed by atoms with E-state index in [-0.39, 0.29) is 10.8 Å². The Morgan fingerprint density at radius 1 is 1.17 bits per heavy atom. The van der Waals surface area contributed by atoms with Gasteiger partial charge in [-0.25, -0.2) is 5.10 Å². The van der Waals surface area contributed by atoms with E-state index in [0.29, 0.717) is 55.5 Å². The van der Waals surface area contributed by atoms with E-state index in [1.807, 2.05) is 37.3 Å². The molecule has 9 heteroatoms. The molecular weight excluding hydrogens is 464 g/mol. The quantitative estimate of drug-likeness (QED) is 0.409. The van der Waals surface area contributed by atoms with E-state index in [4.69, 9.17) is 9.47 Å². The fraction of sp³-hybridized carbons (Fsp3) is 0.308. The van der Waals surface area contributed by atoms with Gasteiger partial charge < -0.3 is 14.8 Å². The maximum Gasteiger partial charge on any atom is 0.322 e. The first kappa shape index (κ1) is 23.2. The van der Waals surface area contributed by atoms with E-state index in [9.17, 15) is 9.59 Å². The summed E-state index contributed by atoms with van der Waals surface area (Å²) in [6, 6.07) is 17.2. The number of fused-ring (bicyclic) bond motifs is 1. The monoisotopic (exact) mass is 490 g/mol. The van der Waals surface area contributed by atoms with Crippen LogP contribution in [-0.4, -0.2) is 40.8 Å². The van der Waals surface area contributed by atoms with Gasteiger partial charge in [-0.1, -0.05) is 29.5 Å². The Hall–Kier alpha value is -3.56. The molecule has 2 aromatic heterocycles. The highest BCUT2D eigenvalue weighted by molar-refractivity contribution is 7.09. The second-order valence-electron chi connectivity index (χ2n) is 8.75. The van der Waals surface area contributed by atoms with Crippen molar-refractivity contribution in [2.45, 2.75) is 31.8 Å². The first-order chi connectivity index (χ1) is 17.0. The molecule has 0 spiro atoms. The van der Waals surface area contributed by atoms with Crippen molar-refractivity contribution in [2.24, 2.45) is 0 Å². The number of pyridine rings is 1. The number of aryl methyl sites for hydroxylation is 1. The average Bonchev–Trinajstić information content (AvgIpc) is 3.33. The molecule has 8 nitrogen and oxygen atoms in total. The molecule has 4 aromatic rings. The van der Waals surface area contributed by atoms with Crippen LogP contribution in [0.15, 0.2) is 59.4 Å². The predicted molar refractivity (Wildman–Crippen MR) is 134 cm³/mol. The second-order valence-corrected chi connectivity index (χ2v) is 9.71. The van der Waals surface area contributed by atoms with Crippen LogP contribution in [0.4, 0.5) is 0 Å². The van der Waals surface area contributed by atoms with Crippen molar-refractivity contribution in [3.63, 3.8) is 0 Å². The number of para-hydroxylation sites is 1. The van der Waals surface area contributed by atoms with Crippen molar-refractivity contribution < 1.29 is 14.3 Å². The van der Waals surface area contributed by atoms with Crippen LogP contribution in [0.25, 0.3) is 10.9 Å². The van der Waals surface area contributed by atoms with Crippen molar-refractivity contribution in [2.75, 3.05) is 19.8 Å². The Labute approximate surface area is 206 Å². The maximum atomic E-state index is 12.9. The smallest absolute Gasteiger partial charge is 0.322 e. The Balaban J connectivity index is 1.23. The summed E-state index contributed by atoms with van der Waals surface area (Å²) in [6.07, 6.45) is 1.40. The largest absolute Gasteiger partial charge is 0.489 e. The van der Waals surface area contributed by atoms with E-state index in [2.05, 4.69) is 20.5 Å². The minimum Gasteiger partial charge on any atom is -0.489 e. The van der Waals surface area contributed by atoms with Crippen LogP contribution in [0.2, 0.25) is 0 Å². The van der Waals surface area contributed by atoms with E-state index >= 15 is 0 Å². The van der Waals surface area contributed by atoms with Crippen LogP contribution in [0.5, 0.6) is 5.75 Å². The lowest BCUT2D eigenvalue weighted by Crippen LogP contribution is -2.44. The summed E-state index contributed by atoms with van der Waals surface area (Å²) in [6.45, 7) is 3.92. The number of nitrogens with one attached hydrogen (secondary N) is 2. The normalized spacial score (nSPS) is 15.1. The Kier molecular flexibility index (Phi) is 6.61. The number of aromatic amines is 1. The van der Waals surface area contributed by atoms with Gasteiger partial charge in [-0.2, -0.15) is 5.10 Å². The molecule has 2 N–H and O–H groups in total. The first-order valence-corrected chi connectivity index (χ1v) is 12.3. The van der Waals surface area contributed by atoms with E-state index in [1.165, 1.54) is 0 Å². The van der Waals surface area contributed by atoms with Crippen LogP contribution < -0.4 is 14.9 Å². The number of carbonyl (C=O) groups excluding carboxylic acids is 1. The predicted octanol–water partition coefficient (Wildman–Crippen LogP) is 3.75. The van der Waals surface area contributed by atoms with Crippen LogP contribution in [0.1, 0.15) is 39.5 Å². The van der Waals surface area contributed by atoms with Gasteiger partial charge in [0.1, 0.15) is 17.4 Å². The molecule has 180 valence electrons. The van der Waals surface area contributed by atoms with Crippen molar-refractivity contribution in [1.82, 2.24) is 20.5 Å². The van der Waals surface area contributed by atoms with Crippen molar-refractivity contribution in [3.05, 3.63) is 86.1 Å². The van der Waals surface area contributed by atoms with Gasteiger partial charge in [0.25, 0.3) is 5.91 Å². The fourth-order valence-corrected chi connectivity index (χ4v) is 5.27. The standard InChI is InChI=1S/C26H26N4O4S/c1-17-14-19(21-4-2-3-5-22(21)28-17)15-34-20-8-6-18(7-9-20)23(31)27-16-26(10-12-33-13-11-26)24-29-30-25(32)35-24/h2-9,14H,10-13,15-16H2,1H3,(H,27,31)(H,30,32). The summed E-state index contributed by atoms with van der Waals surface area (Å²) in [5, 5.41) is 11.5. The lowest BCUT2D eigenvalue weighted by atomic mass is 9.80. The SMILES string of the molecule is Cc1cc(COc2ccc(C(=O)NCC3(c4n[nH]c(=O)s4)CCOCC3)cc2)c2ccccc2n1. The molecule has 35 heavy (non-hydrogen) atoms. The topological polar surface area (TPSA) is 106 Å². The second kappa shape index (κ2) is 9.97. The highest BCUT2D eigenvalue weighted by Crippen LogP contribution is 2.34. The van der Waals surface area contributed by atoms with Gasteiger partial charge in [0.05, 0.1) is 5.52 Å². The zero-order valence-electron chi connectivity index (χ0n) is 19.4. The van der Waals surface area contributed by atoms with Crippen molar-refractivity contribution >= 4 is 28.1 Å². The van der Waals surface area contributed by atoms with Crippen molar-refractivity contribution in [3.8, 4) is 5.75 Å². The molecule has 2 aromatic carbocycles. The van der Waals surface area contributed by atoms with E-state index in [1.54, 1.807) is 24.3 Å². The maximum absolute atomic E-state index is 12.9. The van der Waals surface area contributed by atoms with E-state index < -0.39 is 5.41 Å². The summed E-state index contributed by atoms with van der Waals surface area (Å²) >= 11 is 1.10. The summed E-state index contributed by atoms with van der Waals surface area (Å²) < 4.78 is 11.5. The number of hydrogen-bond donors (Lipinski definition) is 2. The molecule has 1 fully saturated rings. The summed E-state index contributed by atoms with van der Waals surface area (Å²) in [4.78, 5) is 28.9. The summed E-state index contributed by atoms with van der Waals surface area (Å²) in [5.74, 6) is 0.503. The van der Waals surface area contributed by atoms with Crippen LogP contribution in [-0.2, 0) is 16.8 Å². The van der Waals surface area contributed by atoms with Gasteiger partial charge in [-0.15, -0.1) is 0 Å². The van der Waals surface area contributed by atoms with Crippen LogP contribution in [0.3, 0.4) is 0 Å². The minimum atomic E-state index is -0.397. The lowest BCUT2D eigenvalue weighted by Gasteiger charge is -2.35. The average molecular weight is 491 g/mol. The van der Waals surface area contributed by atoms with Gasteiger partial charge in [-0.05, 0) is 56.2 Å². The third-order valence-electron chi connectivity index (χ3n) is 6.37. The molecule has 0 saturated carbocycles. The lowest BCUT2D eigenvalue weighted by molar-refractivity contribution is 0.0484. The minimum absolute atomic E-state index is 0.180. The Morgan fingerprint density at radius 3 is 2.69 bits per heavy atom. The summed E-state index contributed by atoms with van der Waals surface area (Å²) in [7, 11) is 0. The van der Waals surface area contributed by atoms with E-state index in [0.717, 1.165) is 33.5 Å². The Bertz CT molecular complexity index is 1390. The molecule has 1 saturated heterocycles. The third-order valence-corrected chi connectivity index (χ3v) is 7.36. The van der Waals surface area contributed by atoms with Gasteiger partial charge in [-0.3, -0.25) is 14.6 Å². The zero-order valence-corrected chi connectivity index (χ0v) is 20.2. The number of carbonyl (C=O) groups is 1. The number of rotatable bonds is 7. The molecule has 0 bridgehead atoms. The molecular formula is C26H26N4O4S. The summed E-state index contributed by atoms with van der Waals surface area (Å²) in [5.41, 5.74) is 3.10. The molecule has 1 aliphatic heterocycles. The number of amides is 1. The molecule has 1 aliphatic rings. The molecule has 0 aliphatic carbocycles. The van der Waals surface area contributed by atoms with Gasteiger partial charge in [0.2, 0.25) is 0 Å². The highest BCUT2D eigenvalue weighted by Gasteiger charge is 2.38. The van der Waals surface area contributed by atoms with Crippen molar-refractivity contribution in [1.29, 1.82) is 0 Å². The van der Waals surface area contributed by atoms with Crippen LogP contribution in [0, 0.1) is 6.92 Å². The number of aromatic nitrogens is 3. The molecule has 1 amide bonds. The molecule has 5 rings (SSSR count). The molecule has 0 radical (unpaired) electrons. The molecule has 3 heterocycles. The number of benzene rings is 2. The van der Waals surface area contributed by atoms with Gasteiger partial charge in [0.15, 0.2) is 0 Å². The highest BCUT2D eigenvalue weighted by atomic mass is 32.1. The third kappa shape index (κ3) is 5.11. The molecule has 0 unspecified atom stereocenters. The zero-order chi connectivity index (χ0) is 24.3. The number of H-pyrrole nitrogens is 1. The van der Waals surface area contributed by atoms with Crippen LogP contribution >= 0.6 is 11.3 Å². The Morgan fingerprint density at radius 2 is 1.94 bits per heavy atom. The number of nitrogens with zero attached hydrogens (tertiary/aromatic N) is 2. The van der Waals surface area contributed by atoms with Gasteiger partial charge in [0, 0.05) is 47.4 Å². The molecule has 0 atom stereocenters.